The Morgan fingerprint density at radius 3 is 2.50 bits per heavy atom. The summed E-state index contributed by atoms with van der Waals surface area (Å²) in [5.41, 5.74) is 0.679. The van der Waals surface area contributed by atoms with E-state index in [9.17, 15) is 18.0 Å². The Bertz CT molecular complexity index is 1220. The molecule has 0 aliphatic heterocycles. The second-order valence-electron chi connectivity index (χ2n) is 6.45. The Morgan fingerprint density at radius 2 is 1.80 bits per heavy atom. The Balaban J connectivity index is 1.75. The number of hydrogen-bond donors (Lipinski definition) is 1. The van der Waals surface area contributed by atoms with Crippen molar-refractivity contribution in [3.8, 4) is 11.1 Å². The topological polar surface area (TPSA) is 64.4 Å². The molecule has 1 aromatic heterocycles. The predicted molar refractivity (Wildman–Crippen MR) is 106 cm³/mol. The van der Waals surface area contributed by atoms with Crippen LogP contribution in [0.3, 0.4) is 0 Å². The third-order valence-corrected chi connectivity index (χ3v) is 4.45. The number of aromatic nitrogens is 1. The molecule has 0 radical (unpaired) electrons. The number of anilines is 2. The van der Waals surface area contributed by atoms with E-state index in [-0.39, 0.29) is 22.7 Å². The summed E-state index contributed by atoms with van der Waals surface area (Å²) in [5.74, 6) is -0.515. The van der Waals surface area contributed by atoms with Gasteiger partial charge in [0.25, 0.3) is 6.01 Å². The fourth-order valence-electron chi connectivity index (χ4n) is 3.08. The average molecular weight is 412 g/mol. The number of methoxy groups -OCH3 is 1. The van der Waals surface area contributed by atoms with Crippen LogP contribution in [0.15, 0.2) is 71.1 Å². The van der Waals surface area contributed by atoms with E-state index in [4.69, 9.17) is 4.42 Å². The molecular formula is C22H15F3N2O3. The molecule has 30 heavy (non-hydrogen) atoms. The van der Waals surface area contributed by atoms with Crippen molar-refractivity contribution in [1.82, 2.24) is 4.98 Å². The molecule has 0 amide bonds. The van der Waals surface area contributed by atoms with E-state index in [1.165, 1.54) is 19.2 Å². The van der Waals surface area contributed by atoms with Crippen molar-refractivity contribution in [2.75, 3.05) is 12.4 Å². The summed E-state index contributed by atoms with van der Waals surface area (Å²) in [7, 11) is 1.27. The van der Waals surface area contributed by atoms with Gasteiger partial charge in [-0.25, -0.2) is 4.79 Å². The van der Waals surface area contributed by atoms with E-state index >= 15 is 0 Å². The van der Waals surface area contributed by atoms with Gasteiger partial charge < -0.3 is 14.5 Å². The minimum absolute atomic E-state index is 0.00496. The number of oxazole rings is 1. The Labute approximate surface area is 169 Å². The van der Waals surface area contributed by atoms with Gasteiger partial charge in [-0.1, -0.05) is 36.4 Å². The molecule has 152 valence electrons. The van der Waals surface area contributed by atoms with E-state index in [1.807, 2.05) is 0 Å². The Hall–Kier alpha value is -3.81. The Kier molecular flexibility index (Phi) is 4.91. The zero-order valence-corrected chi connectivity index (χ0v) is 15.7. The van der Waals surface area contributed by atoms with Crippen LogP contribution in [0.1, 0.15) is 15.9 Å². The number of esters is 1. The lowest BCUT2D eigenvalue weighted by molar-refractivity contribution is -0.137. The van der Waals surface area contributed by atoms with E-state index in [1.54, 1.807) is 48.5 Å². The number of alkyl halides is 3. The highest BCUT2D eigenvalue weighted by Gasteiger charge is 2.34. The van der Waals surface area contributed by atoms with Crippen molar-refractivity contribution in [1.29, 1.82) is 0 Å². The van der Waals surface area contributed by atoms with Gasteiger partial charge in [0.15, 0.2) is 5.58 Å². The van der Waals surface area contributed by atoms with Gasteiger partial charge in [0.2, 0.25) is 0 Å². The van der Waals surface area contributed by atoms with Gasteiger partial charge in [-0.05, 0) is 41.5 Å². The summed E-state index contributed by atoms with van der Waals surface area (Å²) in [6.07, 6.45) is -4.55. The smallest absolute Gasteiger partial charge is 0.417 e. The van der Waals surface area contributed by atoms with Crippen LogP contribution in [0.5, 0.6) is 0 Å². The first kappa shape index (κ1) is 19.5. The lowest BCUT2D eigenvalue weighted by Gasteiger charge is -2.12. The molecule has 5 nitrogen and oxygen atoms in total. The van der Waals surface area contributed by atoms with Crippen LogP contribution in [0.25, 0.3) is 22.2 Å². The summed E-state index contributed by atoms with van der Waals surface area (Å²) in [5, 5.41) is 2.86. The molecule has 0 saturated carbocycles. The third-order valence-electron chi connectivity index (χ3n) is 4.45. The van der Waals surface area contributed by atoms with Crippen molar-refractivity contribution < 1.29 is 27.1 Å². The number of carbonyl (C=O) groups excluding carboxylic acids is 1. The molecule has 0 fully saturated rings. The zero-order chi connectivity index (χ0) is 21.3. The second kappa shape index (κ2) is 7.55. The maximum absolute atomic E-state index is 13.7. The average Bonchev–Trinajstić information content (AvgIpc) is 3.13. The number of nitrogens with one attached hydrogen (secondary N) is 1. The number of nitrogens with zero attached hydrogens (tertiary/aromatic N) is 1. The van der Waals surface area contributed by atoms with Crippen LogP contribution >= 0.6 is 0 Å². The van der Waals surface area contributed by atoms with E-state index in [0.717, 1.165) is 6.07 Å². The maximum Gasteiger partial charge on any atom is 0.417 e. The summed E-state index contributed by atoms with van der Waals surface area (Å²) in [4.78, 5) is 15.8. The lowest BCUT2D eigenvalue weighted by atomic mass is 9.99. The first-order chi connectivity index (χ1) is 14.3. The molecule has 0 bridgehead atoms. The molecule has 4 aromatic rings. The number of rotatable bonds is 4. The van der Waals surface area contributed by atoms with Crippen molar-refractivity contribution >= 4 is 28.8 Å². The number of hydrogen-bond acceptors (Lipinski definition) is 5. The first-order valence-corrected chi connectivity index (χ1v) is 8.88. The highest BCUT2D eigenvalue weighted by molar-refractivity contribution is 5.90. The Morgan fingerprint density at radius 1 is 1.03 bits per heavy atom. The van der Waals surface area contributed by atoms with Gasteiger partial charge in [-0.3, -0.25) is 0 Å². The molecule has 0 saturated heterocycles. The molecule has 4 rings (SSSR count). The molecule has 1 N–H and O–H groups in total. The molecule has 0 aliphatic rings. The van der Waals surface area contributed by atoms with Crippen molar-refractivity contribution in [2.24, 2.45) is 0 Å². The number of ether oxygens (including phenoxy) is 1. The van der Waals surface area contributed by atoms with Crippen molar-refractivity contribution in [3.05, 3.63) is 77.9 Å². The molecule has 0 aliphatic carbocycles. The summed E-state index contributed by atoms with van der Waals surface area (Å²) >= 11 is 0. The van der Waals surface area contributed by atoms with Gasteiger partial charge in [-0.2, -0.15) is 18.2 Å². The van der Waals surface area contributed by atoms with E-state index in [0.29, 0.717) is 16.8 Å². The van der Waals surface area contributed by atoms with Gasteiger partial charge in [0.05, 0.1) is 18.2 Å². The van der Waals surface area contributed by atoms with Gasteiger partial charge in [0.1, 0.15) is 5.52 Å². The molecule has 0 atom stereocenters. The number of carbonyl (C=O) groups is 1. The predicted octanol–water partition coefficient (Wildman–Crippen LogP) is 6.04. The third kappa shape index (κ3) is 3.84. The van der Waals surface area contributed by atoms with Crippen LogP contribution < -0.4 is 5.32 Å². The normalized spacial score (nSPS) is 11.5. The molecule has 3 aromatic carbocycles. The van der Waals surface area contributed by atoms with Gasteiger partial charge >= 0.3 is 12.1 Å². The molecule has 8 heteroatoms. The fourth-order valence-corrected chi connectivity index (χ4v) is 3.08. The molecule has 1 heterocycles. The SMILES string of the molecule is COC(=O)c1cccc(Nc2nc3cc(C(F)(F)F)c(-c4ccccc4)cc3o2)c1. The lowest BCUT2D eigenvalue weighted by Crippen LogP contribution is -2.07. The van der Waals surface area contributed by atoms with Crippen LogP contribution in [-0.2, 0) is 10.9 Å². The molecule has 0 unspecified atom stereocenters. The maximum atomic E-state index is 13.7. The zero-order valence-electron chi connectivity index (χ0n) is 15.7. The largest absolute Gasteiger partial charge is 0.465 e. The standard InChI is InChI=1S/C22H15F3N2O3/c1-29-20(28)14-8-5-9-15(10-14)26-21-27-18-12-17(22(23,24)25)16(11-19(18)30-21)13-6-3-2-4-7-13/h2-12H,1H3,(H,26,27). The summed E-state index contributed by atoms with van der Waals surface area (Å²) < 4.78 is 51.3. The van der Waals surface area contributed by atoms with Crippen LogP contribution in [0.4, 0.5) is 24.9 Å². The molecular weight excluding hydrogens is 397 g/mol. The van der Waals surface area contributed by atoms with Gasteiger partial charge in [0, 0.05) is 5.69 Å². The quantitative estimate of drug-likeness (QED) is 0.414. The molecule has 0 spiro atoms. The fraction of sp³-hybridized carbons (Fsp3) is 0.0909. The summed E-state index contributed by atoms with van der Waals surface area (Å²) in [6, 6.07) is 17.0. The monoisotopic (exact) mass is 412 g/mol. The van der Waals surface area contributed by atoms with Gasteiger partial charge in [-0.15, -0.1) is 0 Å². The summed E-state index contributed by atoms with van der Waals surface area (Å²) in [6.45, 7) is 0. The highest BCUT2D eigenvalue weighted by Crippen LogP contribution is 2.40. The minimum Gasteiger partial charge on any atom is -0.465 e. The van der Waals surface area contributed by atoms with Crippen LogP contribution in [0, 0.1) is 0 Å². The minimum atomic E-state index is -4.55. The first-order valence-electron chi connectivity index (χ1n) is 8.88. The van der Waals surface area contributed by atoms with Crippen molar-refractivity contribution in [2.45, 2.75) is 6.18 Å². The number of benzene rings is 3. The van der Waals surface area contributed by atoms with E-state index in [2.05, 4.69) is 15.0 Å². The van der Waals surface area contributed by atoms with E-state index < -0.39 is 17.7 Å². The van der Waals surface area contributed by atoms with Crippen LogP contribution in [0.2, 0.25) is 0 Å². The highest BCUT2D eigenvalue weighted by atomic mass is 19.4. The second-order valence-corrected chi connectivity index (χ2v) is 6.45. The number of halogens is 3. The number of fused-ring (bicyclic) bond motifs is 1. The van der Waals surface area contributed by atoms with Crippen LogP contribution in [-0.4, -0.2) is 18.1 Å². The van der Waals surface area contributed by atoms with Crippen molar-refractivity contribution in [3.63, 3.8) is 0 Å².